The van der Waals surface area contributed by atoms with Crippen molar-refractivity contribution in [2.75, 3.05) is 24.3 Å². The van der Waals surface area contributed by atoms with Crippen LogP contribution in [0.3, 0.4) is 0 Å². The summed E-state index contributed by atoms with van der Waals surface area (Å²) in [5.74, 6) is 0.914. The lowest BCUT2D eigenvalue weighted by Gasteiger charge is -2.38. The standard InChI is InChI=1S/C13H21N3O/c1-9-6-12(14)13(15-8-9)16-5-4-11(17-3)7-10(16)2/h6,8,10-11H,4-5,7,14H2,1-3H3. The molecule has 2 rings (SSSR count). The molecule has 1 aliphatic heterocycles. The van der Waals surface area contributed by atoms with Crippen molar-refractivity contribution in [3.05, 3.63) is 17.8 Å². The molecule has 4 nitrogen and oxygen atoms in total. The van der Waals surface area contributed by atoms with Gasteiger partial charge in [-0.3, -0.25) is 0 Å². The van der Waals surface area contributed by atoms with Crippen molar-refractivity contribution in [2.45, 2.75) is 38.8 Å². The fourth-order valence-electron chi connectivity index (χ4n) is 2.48. The second-order valence-electron chi connectivity index (χ2n) is 4.85. The minimum absolute atomic E-state index is 0.368. The average Bonchev–Trinajstić information content (AvgIpc) is 2.30. The minimum atomic E-state index is 0.368. The van der Waals surface area contributed by atoms with Gasteiger partial charge in [0.05, 0.1) is 11.8 Å². The van der Waals surface area contributed by atoms with Crippen molar-refractivity contribution >= 4 is 11.5 Å². The molecule has 17 heavy (non-hydrogen) atoms. The van der Waals surface area contributed by atoms with E-state index in [2.05, 4.69) is 16.8 Å². The number of piperidine rings is 1. The van der Waals surface area contributed by atoms with Gasteiger partial charge in [0.15, 0.2) is 5.82 Å². The predicted molar refractivity (Wildman–Crippen MR) is 70.2 cm³/mol. The van der Waals surface area contributed by atoms with Crippen LogP contribution in [0.15, 0.2) is 12.3 Å². The number of hydrogen-bond donors (Lipinski definition) is 1. The Labute approximate surface area is 103 Å². The van der Waals surface area contributed by atoms with Crippen LogP contribution in [-0.2, 0) is 4.74 Å². The number of aryl methyl sites for hydroxylation is 1. The summed E-state index contributed by atoms with van der Waals surface area (Å²) in [6.07, 6.45) is 4.32. The van der Waals surface area contributed by atoms with Crippen molar-refractivity contribution in [3.63, 3.8) is 0 Å². The maximum absolute atomic E-state index is 6.05. The number of nitrogens with two attached hydrogens (primary N) is 1. The van der Waals surface area contributed by atoms with E-state index < -0.39 is 0 Å². The van der Waals surface area contributed by atoms with Gasteiger partial charge in [0.1, 0.15) is 0 Å². The highest BCUT2D eigenvalue weighted by Gasteiger charge is 2.27. The first-order chi connectivity index (χ1) is 8.11. The smallest absolute Gasteiger partial charge is 0.152 e. The molecule has 0 aromatic carbocycles. The fraction of sp³-hybridized carbons (Fsp3) is 0.615. The Morgan fingerprint density at radius 1 is 1.53 bits per heavy atom. The highest BCUT2D eigenvalue weighted by Crippen LogP contribution is 2.28. The monoisotopic (exact) mass is 235 g/mol. The highest BCUT2D eigenvalue weighted by molar-refractivity contribution is 5.63. The van der Waals surface area contributed by atoms with Crippen LogP contribution in [0.5, 0.6) is 0 Å². The first-order valence-corrected chi connectivity index (χ1v) is 6.13. The number of methoxy groups -OCH3 is 1. The Morgan fingerprint density at radius 2 is 2.29 bits per heavy atom. The molecule has 2 heterocycles. The van der Waals surface area contributed by atoms with Gasteiger partial charge in [0, 0.05) is 25.9 Å². The summed E-state index contributed by atoms with van der Waals surface area (Å²) in [5.41, 5.74) is 7.92. The van der Waals surface area contributed by atoms with Crippen molar-refractivity contribution < 1.29 is 4.74 Å². The van der Waals surface area contributed by atoms with Gasteiger partial charge in [-0.15, -0.1) is 0 Å². The Bertz CT molecular complexity index is 394. The lowest BCUT2D eigenvalue weighted by Crippen LogP contribution is -2.44. The largest absolute Gasteiger partial charge is 0.396 e. The van der Waals surface area contributed by atoms with Crippen molar-refractivity contribution in [2.24, 2.45) is 0 Å². The summed E-state index contributed by atoms with van der Waals surface area (Å²) in [6, 6.07) is 2.41. The molecule has 1 aromatic rings. The third-order valence-electron chi connectivity index (χ3n) is 3.47. The first-order valence-electron chi connectivity index (χ1n) is 6.13. The number of nitrogens with zero attached hydrogens (tertiary/aromatic N) is 2. The topological polar surface area (TPSA) is 51.4 Å². The Hall–Kier alpha value is -1.29. The SMILES string of the molecule is COC1CCN(c2ncc(C)cc2N)C(C)C1. The summed E-state index contributed by atoms with van der Waals surface area (Å²) >= 11 is 0. The number of rotatable bonds is 2. The van der Waals surface area contributed by atoms with Crippen molar-refractivity contribution in [1.82, 2.24) is 4.98 Å². The van der Waals surface area contributed by atoms with Gasteiger partial charge in [-0.2, -0.15) is 0 Å². The van der Waals surface area contributed by atoms with Crippen LogP contribution < -0.4 is 10.6 Å². The van der Waals surface area contributed by atoms with E-state index in [4.69, 9.17) is 10.5 Å². The molecule has 94 valence electrons. The molecule has 4 heteroatoms. The van der Waals surface area contributed by atoms with Gasteiger partial charge >= 0.3 is 0 Å². The molecule has 0 radical (unpaired) electrons. The van der Waals surface area contributed by atoms with Crippen LogP contribution in [0, 0.1) is 6.92 Å². The number of pyridine rings is 1. The molecular formula is C13H21N3O. The maximum atomic E-state index is 6.05. The number of ether oxygens (including phenoxy) is 1. The number of anilines is 2. The van der Waals surface area contributed by atoms with Crippen LogP contribution in [0.2, 0.25) is 0 Å². The van der Waals surface area contributed by atoms with Gasteiger partial charge in [-0.25, -0.2) is 4.98 Å². The summed E-state index contributed by atoms with van der Waals surface area (Å²) in [4.78, 5) is 6.74. The maximum Gasteiger partial charge on any atom is 0.152 e. The molecule has 1 aliphatic rings. The van der Waals surface area contributed by atoms with E-state index in [9.17, 15) is 0 Å². The van der Waals surface area contributed by atoms with Crippen LogP contribution in [0.4, 0.5) is 11.5 Å². The third-order valence-corrected chi connectivity index (χ3v) is 3.47. The highest BCUT2D eigenvalue weighted by atomic mass is 16.5. The zero-order chi connectivity index (χ0) is 12.4. The van der Waals surface area contributed by atoms with Gasteiger partial charge in [0.25, 0.3) is 0 Å². The minimum Gasteiger partial charge on any atom is -0.396 e. The van der Waals surface area contributed by atoms with Crippen LogP contribution in [0.1, 0.15) is 25.3 Å². The molecule has 0 bridgehead atoms. The van der Waals surface area contributed by atoms with E-state index in [1.54, 1.807) is 7.11 Å². The molecule has 1 saturated heterocycles. The van der Waals surface area contributed by atoms with E-state index in [0.717, 1.165) is 36.5 Å². The summed E-state index contributed by atoms with van der Waals surface area (Å²) in [5, 5.41) is 0. The quantitative estimate of drug-likeness (QED) is 0.851. The Kier molecular flexibility index (Phi) is 3.52. The lowest BCUT2D eigenvalue weighted by atomic mass is 10.0. The zero-order valence-electron chi connectivity index (χ0n) is 10.8. The van der Waals surface area contributed by atoms with Gasteiger partial charge in [0.2, 0.25) is 0 Å². The molecular weight excluding hydrogens is 214 g/mol. The summed E-state index contributed by atoms with van der Waals surface area (Å²) in [6.45, 7) is 5.17. The molecule has 2 N–H and O–H groups in total. The molecule has 0 amide bonds. The Morgan fingerprint density at radius 3 is 2.88 bits per heavy atom. The number of hydrogen-bond acceptors (Lipinski definition) is 4. The second kappa shape index (κ2) is 4.92. The van der Waals surface area contributed by atoms with E-state index >= 15 is 0 Å². The molecule has 0 saturated carbocycles. The molecule has 1 fully saturated rings. The summed E-state index contributed by atoms with van der Waals surface area (Å²) in [7, 11) is 1.78. The molecule has 0 spiro atoms. The van der Waals surface area contributed by atoms with Crippen LogP contribution >= 0.6 is 0 Å². The normalized spacial score (nSPS) is 25.0. The molecule has 2 atom stereocenters. The zero-order valence-corrected chi connectivity index (χ0v) is 10.8. The van der Waals surface area contributed by atoms with Crippen LogP contribution in [0.25, 0.3) is 0 Å². The summed E-state index contributed by atoms with van der Waals surface area (Å²) < 4.78 is 5.42. The first kappa shape index (κ1) is 12.2. The van der Waals surface area contributed by atoms with E-state index in [-0.39, 0.29) is 0 Å². The molecule has 2 unspecified atom stereocenters. The molecule has 1 aromatic heterocycles. The predicted octanol–water partition coefficient (Wildman–Crippen LogP) is 1.98. The van der Waals surface area contributed by atoms with Crippen molar-refractivity contribution in [1.29, 1.82) is 0 Å². The van der Waals surface area contributed by atoms with Gasteiger partial charge in [-0.1, -0.05) is 0 Å². The van der Waals surface area contributed by atoms with E-state index in [1.807, 2.05) is 19.2 Å². The van der Waals surface area contributed by atoms with Crippen molar-refractivity contribution in [3.8, 4) is 0 Å². The second-order valence-corrected chi connectivity index (χ2v) is 4.85. The lowest BCUT2D eigenvalue weighted by molar-refractivity contribution is 0.0720. The van der Waals surface area contributed by atoms with E-state index in [0.29, 0.717) is 12.1 Å². The number of nitrogen functional groups attached to an aromatic ring is 1. The third kappa shape index (κ3) is 2.52. The van der Waals surface area contributed by atoms with Gasteiger partial charge in [-0.05, 0) is 38.3 Å². The Balaban J connectivity index is 2.17. The molecule has 0 aliphatic carbocycles. The van der Waals surface area contributed by atoms with E-state index in [1.165, 1.54) is 0 Å². The fourth-order valence-corrected chi connectivity index (χ4v) is 2.48. The number of aromatic nitrogens is 1. The van der Waals surface area contributed by atoms with Crippen LogP contribution in [-0.4, -0.2) is 30.8 Å². The average molecular weight is 235 g/mol. The van der Waals surface area contributed by atoms with Gasteiger partial charge < -0.3 is 15.4 Å².